The van der Waals surface area contributed by atoms with Crippen LogP contribution in [-0.4, -0.2) is 9.82 Å². The van der Waals surface area contributed by atoms with E-state index in [1.807, 2.05) is 95.9 Å². The van der Waals surface area contributed by atoms with Gasteiger partial charge in [-0.15, -0.1) is 0 Å². The summed E-state index contributed by atoms with van der Waals surface area (Å²) in [6.45, 7) is 0.878. The highest BCUT2D eigenvalue weighted by Gasteiger charge is 2.29. The van der Waals surface area contributed by atoms with Crippen molar-refractivity contribution >= 4 is 46.6 Å². The minimum atomic E-state index is -0.524. The smallest absolute Gasteiger partial charge is 0.320 e. The molecule has 8 heteroatoms. The Morgan fingerprint density at radius 1 is 0.758 bits per heavy atom. The maximum Gasteiger partial charge on any atom is 0.320 e. The predicted octanol–water partition coefficient (Wildman–Crippen LogP) is 7.95. The monoisotopic (exact) mass is 518 g/mol. The minimum absolute atomic E-state index is 0.287. The second-order valence-electron chi connectivity index (χ2n) is 7.09. The van der Waals surface area contributed by atoms with E-state index in [-0.39, 0.29) is 15.2 Å². The quantitative estimate of drug-likeness (QED) is 0.155. The molecule has 0 aliphatic heterocycles. The van der Waals surface area contributed by atoms with Gasteiger partial charge in [0.25, 0.3) is 0 Å². The van der Waals surface area contributed by atoms with Crippen LogP contribution in [0.25, 0.3) is 0 Å². The molecule has 0 saturated heterocycles. The average molecular weight is 520 g/mol. The number of thioether (sulfide) groups is 1. The second-order valence-corrected chi connectivity index (χ2v) is 9.38. The van der Waals surface area contributed by atoms with Gasteiger partial charge in [-0.2, -0.15) is 0 Å². The van der Waals surface area contributed by atoms with Crippen LogP contribution in [0, 0.1) is 10.1 Å². The SMILES string of the molecule is O=[N+]([O-])/C(C(Cl)=C(Cl)Cl)=C(/SCc1ccccc1)N(Cc1ccccc1)Cc1ccccc1. The highest BCUT2D eigenvalue weighted by Crippen LogP contribution is 2.37. The third-order valence-corrected chi connectivity index (χ3v) is 6.84. The molecule has 0 saturated carbocycles. The highest BCUT2D eigenvalue weighted by molar-refractivity contribution is 8.02. The lowest BCUT2D eigenvalue weighted by molar-refractivity contribution is -0.421. The fourth-order valence-electron chi connectivity index (χ4n) is 3.18. The lowest BCUT2D eigenvalue weighted by Gasteiger charge is -2.27. The third-order valence-electron chi connectivity index (χ3n) is 4.70. The molecule has 0 aliphatic rings. The molecule has 3 aromatic carbocycles. The summed E-state index contributed by atoms with van der Waals surface area (Å²) in [6.07, 6.45) is 0. The number of nitro groups is 1. The number of benzene rings is 3. The maximum absolute atomic E-state index is 12.2. The molecule has 0 amide bonds. The van der Waals surface area contributed by atoms with E-state index in [1.54, 1.807) is 0 Å². The van der Waals surface area contributed by atoms with E-state index in [1.165, 1.54) is 11.8 Å². The average Bonchev–Trinajstić information content (AvgIpc) is 2.82. The van der Waals surface area contributed by atoms with Crippen molar-refractivity contribution in [2.45, 2.75) is 18.8 Å². The Hall–Kier alpha value is -2.44. The number of hydrogen-bond acceptors (Lipinski definition) is 4. The maximum atomic E-state index is 12.2. The van der Waals surface area contributed by atoms with Gasteiger partial charge < -0.3 is 4.90 Å². The Labute approximate surface area is 212 Å². The van der Waals surface area contributed by atoms with E-state index in [0.717, 1.165) is 16.7 Å². The number of allylic oxidation sites excluding steroid dienone is 1. The van der Waals surface area contributed by atoms with Gasteiger partial charge in [0.15, 0.2) is 10.1 Å². The van der Waals surface area contributed by atoms with E-state index in [9.17, 15) is 10.1 Å². The van der Waals surface area contributed by atoms with Crippen molar-refractivity contribution in [3.8, 4) is 0 Å². The van der Waals surface area contributed by atoms with Crippen molar-refractivity contribution in [3.05, 3.63) is 138 Å². The molecule has 3 rings (SSSR count). The molecule has 0 bridgehead atoms. The van der Waals surface area contributed by atoms with Crippen molar-refractivity contribution < 1.29 is 4.92 Å². The largest absolute Gasteiger partial charge is 0.352 e. The van der Waals surface area contributed by atoms with E-state index >= 15 is 0 Å². The van der Waals surface area contributed by atoms with E-state index in [4.69, 9.17) is 34.8 Å². The van der Waals surface area contributed by atoms with Gasteiger partial charge in [-0.25, -0.2) is 0 Å². The summed E-state index contributed by atoms with van der Waals surface area (Å²) >= 11 is 19.4. The first-order valence-electron chi connectivity index (χ1n) is 10.0. The predicted molar refractivity (Wildman–Crippen MR) is 138 cm³/mol. The first kappa shape index (κ1) is 25.2. The fraction of sp³-hybridized carbons (Fsp3) is 0.120. The number of hydrogen-bond donors (Lipinski definition) is 0. The van der Waals surface area contributed by atoms with Gasteiger partial charge in [-0.05, 0) is 16.7 Å². The Morgan fingerprint density at radius 3 is 1.58 bits per heavy atom. The Bertz CT molecular complexity index is 1080. The van der Waals surface area contributed by atoms with Crippen LogP contribution >= 0.6 is 46.6 Å². The molecule has 0 spiro atoms. The summed E-state index contributed by atoms with van der Waals surface area (Å²) in [5, 5.41) is 12.3. The summed E-state index contributed by atoms with van der Waals surface area (Å²) in [7, 11) is 0. The lowest BCUT2D eigenvalue weighted by atomic mass is 10.1. The zero-order chi connectivity index (χ0) is 23.6. The van der Waals surface area contributed by atoms with Crippen molar-refractivity contribution in [2.75, 3.05) is 0 Å². The Morgan fingerprint density at radius 2 is 1.18 bits per heavy atom. The van der Waals surface area contributed by atoms with Gasteiger partial charge in [0.1, 0.15) is 4.49 Å². The van der Waals surface area contributed by atoms with Gasteiger partial charge in [-0.1, -0.05) is 138 Å². The van der Waals surface area contributed by atoms with Crippen molar-refractivity contribution in [1.29, 1.82) is 0 Å². The molecule has 3 aromatic rings. The molecule has 170 valence electrons. The number of halogens is 3. The molecule has 0 unspecified atom stereocenters. The molecule has 4 nitrogen and oxygen atoms in total. The van der Waals surface area contributed by atoms with Crippen LogP contribution in [0.5, 0.6) is 0 Å². The van der Waals surface area contributed by atoms with Crippen LogP contribution in [-0.2, 0) is 18.8 Å². The van der Waals surface area contributed by atoms with Gasteiger partial charge in [-0.3, -0.25) is 10.1 Å². The van der Waals surface area contributed by atoms with Crippen LogP contribution in [0.15, 0.2) is 111 Å². The summed E-state index contributed by atoms with van der Waals surface area (Å²) in [5.41, 5.74) is 2.72. The molecular formula is C25H21Cl3N2O2S. The van der Waals surface area contributed by atoms with Crippen molar-refractivity contribution in [1.82, 2.24) is 4.90 Å². The van der Waals surface area contributed by atoms with E-state index in [2.05, 4.69) is 0 Å². The fourth-order valence-corrected chi connectivity index (χ4v) is 4.70. The van der Waals surface area contributed by atoms with Crippen molar-refractivity contribution in [3.63, 3.8) is 0 Å². The van der Waals surface area contributed by atoms with Crippen LogP contribution < -0.4 is 0 Å². The van der Waals surface area contributed by atoms with Crippen LogP contribution in [0.1, 0.15) is 16.7 Å². The Kier molecular flexibility index (Phi) is 9.70. The molecule has 33 heavy (non-hydrogen) atoms. The van der Waals surface area contributed by atoms with Gasteiger partial charge in [0.05, 0.1) is 4.92 Å². The Balaban J connectivity index is 2.10. The number of nitrogens with zero attached hydrogens (tertiary/aromatic N) is 2. The molecule has 0 heterocycles. The molecule has 0 fully saturated rings. The summed E-state index contributed by atoms with van der Waals surface area (Å²) < 4.78 is -0.347. The normalized spacial score (nSPS) is 11.5. The van der Waals surface area contributed by atoms with Gasteiger partial charge in [0, 0.05) is 18.8 Å². The van der Waals surface area contributed by atoms with Crippen molar-refractivity contribution in [2.24, 2.45) is 0 Å². The minimum Gasteiger partial charge on any atom is -0.352 e. The highest BCUT2D eigenvalue weighted by atomic mass is 35.5. The van der Waals surface area contributed by atoms with Crippen LogP contribution in [0.2, 0.25) is 0 Å². The number of rotatable bonds is 10. The first-order valence-corrected chi connectivity index (χ1v) is 12.2. The summed E-state index contributed by atoms with van der Waals surface area (Å²) in [4.78, 5) is 13.6. The zero-order valence-electron chi connectivity index (χ0n) is 17.5. The van der Waals surface area contributed by atoms with Crippen LogP contribution in [0.4, 0.5) is 0 Å². The standard InChI is InChI=1S/C25H21Cl3N2O2S/c26-22(24(27)28)23(30(31)32)25(33-18-21-14-8-3-9-15-21)29(16-19-10-4-1-5-11-19)17-20-12-6-2-7-13-20/h1-15H,16-18H2/b25-23+. The third kappa shape index (κ3) is 7.54. The first-order chi connectivity index (χ1) is 16.0. The molecule has 0 atom stereocenters. The molecule has 0 aromatic heterocycles. The molecule has 0 radical (unpaired) electrons. The van der Waals surface area contributed by atoms with E-state index < -0.39 is 4.92 Å². The zero-order valence-corrected chi connectivity index (χ0v) is 20.6. The van der Waals surface area contributed by atoms with E-state index in [0.29, 0.717) is 23.9 Å². The van der Waals surface area contributed by atoms with Gasteiger partial charge in [0.2, 0.25) is 0 Å². The lowest BCUT2D eigenvalue weighted by Crippen LogP contribution is -2.24. The molecular weight excluding hydrogens is 499 g/mol. The van der Waals surface area contributed by atoms with Crippen LogP contribution in [0.3, 0.4) is 0 Å². The van der Waals surface area contributed by atoms with Gasteiger partial charge >= 0.3 is 5.70 Å². The topological polar surface area (TPSA) is 46.4 Å². The molecule has 0 aliphatic carbocycles. The summed E-state index contributed by atoms with van der Waals surface area (Å²) in [6, 6.07) is 29.3. The summed E-state index contributed by atoms with van der Waals surface area (Å²) in [5.74, 6) is 0.512. The second kappa shape index (κ2) is 12.7. The molecule has 0 N–H and O–H groups in total.